The van der Waals surface area contributed by atoms with Gasteiger partial charge >= 0.3 is 5.69 Å². The Kier molecular flexibility index (Phi) is 4.50. The average molecular weight is 285 g/mol. The number of rotatable bonds is 2. The number of hydrogen-bond acceptors (Lipinski definition) is 2. The van der Waals surface area contributed by atoms with Gasteiger partial charge in [0.05, 0.1) is 5.56 Å². The van der Waals surface area contributed by atoms with Crippen LogP contribution in [0.2, 0.25) is 5.15 Å². The van der Waals surface area contributed by atoms with E-state index in [0.29, 0.717) is 5.56 Å². The van der Waals surface area contributed by atoms with Crippen molar-refractivity contribution in [2.45, 2.75) is 64.3 Å². The van der Waals surface area contributed by atoms with Gasteiger partial charge in [0.1, 0.15) is 5.15 Å². The molecule has 0 atom stereocenters. The molecule has 0 aromatic carbocycles. The smallest absolute Gasteiger partial charge is 0.297 e. The molecule has 0 radical (unpaired) electrons. The molecule has 1 fully saturated rings. The first-order valence-corrected chi connectivity index (χ1v) is 7.44. The summed E-state index contributed by atoms with van der Waals surface area (Å²) >= 11 is 6.00. The Hall–Kier alpha value is -1.03. The summed E-state index contributed by atoms with van der Waals surface area (Å²) in [6.07, 6.45) is 6.35. The Morgan fingerprint density at radius 2 is 1.74 bits per heavy atom. The fraction of sp³-hybridized carbons (Fsp3) is 0.714. The van der Waals surface area contributed by atoms with Crippen LogP contribution in [0.3, 0.4) is 0 Å². The van der Waals surface area contributed by atoms with E-state index in [-0.39, 0.29) is 28.4 Å². The first-order valence-electron chi connectivity index (χ1n) is 7.06. The minimum absolute atomic E-state index is 0.00822. The molecule has 106 valence electrons. The quantitative estimate of drug-likeness (QED) is 0.670. The lowest BCUT2D eigenvalue weighted by atomic mass is 10.1. The molecule has 1 heterocycles. The molecule has 1 aliphatic carbocycles. The van der Waals surface area contributed by atoms with E-state index >= 15 is 0 Å². The van der Waals surface area contributed by atoms with Crippen molar-refractivity contribution in [3.63, 3.8) is 0 Å². The molecule has 0 saturated heterocycles. The van der Waals surface area contributed by atoms with Crippen LogP contribution in [0.15, 0.2) is 9.59 Å². The topological polar surface area (TPSA) is 54.9 Å². The van der Waals surface area contributed by atoms with Gasteiger partial charge in [0, 0.05) is 6.04 Å². The number of H-pyrrole nitrogens is 1. The van der Waals surface area contributed by atoms with E-state index < -0.39 is 0 Å². The lowest BCUT2D eigenvalue weighted by molar-refractivity contribution is 0.412. The first-order chi connectivity index (χ1) is 9.02. The molecule has 5 heteroatoms. The summed E-state index contributed by atoms with van der Waals surface area (Å²) in [5.41, 5.74) is -0.0625. The number of halogens is 1. The van der Waals surface area contributed by atoms with Gasteiger partial charge in [-0.3, -0.25) is 14.3 Å². The van der Waals surface area contributed by atoms with E-state index in [1.54, 1.807) is 0 Å². The summed E-state index contributed by atoms with van der Waals surface area (Å²) in [6, 6.07) is 0.0218. The van der Waals surface area contributed by atoms with E-state index in [1.165, 1.54) is 17.4 Å². The second kappa shape index (κ2) is 5.95. The zero-order chi connectivity index (χ0) is 14.0. The van der Waals surface area contributed by atoms with Crippen LogP contribution < -0.4 is 11.2 Å². The van der Waals surface area contributed by atoms with Gasteiger partial charge in [0.2, 0.25) is 0 Å². The molecule has 1 saturated carbocycles. The summed E-state index contributed by atoms with van der Waals surface area (Å²) in [6.45, 7) is 3.83. The van der Waals surface area contributed by atoms with Crippen molar-refractivity contribution in [3.8, 4) is 0 Å². The Morgan fingerprint density at radius 3 is 2.26 bits per heavy atom. The zero-order valence-electron chi connectivity index (χ0n) is 11.5. The van der Waals surface area contributed by atoms with E-state index in [4.69, 9.17) is 11.6 Å². The third-order valence-electron chi connectivity index (χ3n) is 3.89. The maximum absolute atomic E-state index is 12.5. The van der Waals surface area contributed by atoms with Crippen molar-refractivity contribution in [1.82, 2.24) is 9.55 Å². The summed E-state index contributed by atoms with van der Waals surface area (Å²) in [7, 11) is 0. The molecule has 4 nitrogen and oxygen atoms in total. The lowest BCUT2D eigenvalue weighted by Gasteiger charge is -2.18. The van der Waals surface area contributed by atoms with Crippen LogP contribution in [0.5, 0.6) is 0 Å². The molecule has 0 aliphatic heterocycles. The van der Waals surface area contributed by atoms with Crippen LogP contribution in [0, 0.1) is 0 Å². The Bertz CT molecular complexity index is 552. The van der Waals surface area contributed by atoms with Crippen molar-refractivity contribution < 1.29 is 0 Å². The highest BCUT2D eigenvalue weighted by Gasteiger charge is 2.22. The Balaban J connectivity index is 2.53. The Labute approximate surface area is 117 Å². The van der Waals surface area contributed by atoms with Crippen molar-refractivity contribution in [2.75, 3.05) is 0 Å². The highest BCUT2D eigenvalue weighted by atomic mass is 35.5. The fourth-order valence-corrected chi connectivity index (χ4v) is 3.27. The molecular weight excluding hydrogens is 264 g/mol. The molecule has 1 N–H and O–H groups in total. The average Bonchev–Trinajstić information content (AvgIpc) is 2.56. The van der Waals surface area contributed by atoms with Crippen LogP contribution in [0.1, 0.15) is 69.9 Å². The third kappa shape index (κ3) is 2.94. The molecule has 0 unspecified atom stereocenters. The van der Waals surface area contributed by atoms with Crippen molar-refractivity contribution in [2.24, 2.45) is 0 Å². The van der Waals surface area contributed by atoms with Crippen LogP contribution in [-0.4, -0.2) is 9.55 Å². The molecular formula is C14H21ClN2O2. The third-order valence-corrected chi connectivity index (χ3v) is 4.19. The minimum atomic E-state index is -0.369. The first kappa shape index (κ1) is 14.4. The van der Waals surface area contributed by atoms with Gasteiger partial charge in [-0.1, -0.05) is 51.1 Å². The highest BCUT2D eigenvalue weighted by Crippen LogP contribution is 2.26. The second-order valence-corrected chi connectivity index (χ2v) is 6.01. The highest BCUT2D eigenvalue weighted by molar-refractivity contribution is 6.30. The molecule has 1 aliphatic rings. The van der Waals surface area contributed by atoms with E-state index in [9.17, 15) is 9.59 Å². The van der Waals surface area contributed by atoms with Crippen LogP contribution in [0.4, 0.5) is 0 Å². The predicted molar refractivity (Wildman–Crippen MR) is 77.2 cm³/mol. The van der Waals surface area contributed by atoms with Crippen molar-refractivity contribution >= 4 is 11.6 Å². The number of aromatic amines is 1. The summed E-state index contributed by atoms with van der Waals surface area (Å²) in [4.78, 5) is 27.2. The molecule has 0 spiro atoms. The SMILES string of the molecule is CC(C)c1c(Cl)[nH]c(=O)n(C2CCCCCC2)c1=O. The van der Waals surface area contributed by atoms with E-state index in [2.05, 4.69) is 4.98 Å². The normalized spacial score (nSPS) is 17.7. The Morgan fingerprint density at radius 1 is 1.16 bits per heavy atom. The lowest BCUT2D eigenvalue weighted by Crippen LogP contribution is -2.40. The van der Waals surface area contributed by atoms with Crippen molar-refractivity contribution in [1.29, 1.82) is 0 Å². The number of hydrogen-bond donors (Lipinski definition) is 1. The maximum atomic E-state index is 12.5. The van der Waals surface area contributed by atoms with Gasteiger partial charge in [-0.2, -0.15) is 0 Å². The second-order valence-electron chi connectivity index (χ2n) is 5.63. The molecule has 19 heavy (non-hydrogen) atoms. The maximum Gasteiger partial charge on any atom is 0.329 e. The molecule has 0 bridgehead atoms. The van der Waals surface area contributed by atoms with Gasteiger partial charge in [0.25, 0.3) is 5.56 Å². The van der Waals surface area contributed by atoms with Gasteiger partial charge in [-0.15, -0.1) is 0 Å². The summed E-state index contributed by atoms with van der Waals surface area (Å²) in [5, 5.41) is 0.190. The molecule has 1 aromatic rings. The van der Waals surface area contributed by atoms with Gasteiger partial charge in [0.15, 0.2) is 0 Å². The monoisotopic (exact) mass is 284 g/mol. The standard InChI is InChI=1S/C14H21ClN2O2/c1-9(2)11-12(15)16-14(19)17(13(11)18)10-7-5-3-4-6-8-10/h9-10H,3-8H2,1-2H3,(H,16,19). The van der Waals surface area contributed by atoms with Gasteiger partial charge < -0.3 is 0 Å². The van der Waals surface area contributed by atoms with Crippen LogP contribution in [0.25, 0.3) is 0 Å². The minimum Gasteiger partial charge on any atom is -0.297 e. The van der Waals surface area contributed by atoms with E-state index in [1.807, 2.05) is 13.8 Å². The van der Waals surface area contributed by atoms with Crippen LogP contribution >= 0.6 is 11.6 Å². The predicted octanol–water partition coefficient (Wildman–Crippen LogP) is 3.21. The molecule has 2 rings (SSSR count). The van der Waals surface area contributed by atoms with Crippen molar-refractivity contribution in [3.05, 3.63) is 31.6 Å². The summed E-state index contributed by atoms with van der Waals surface area (Å²) < 4.78 is 1.40. The van der Waals surface area contributed by atoms with E-state index in [0.717, 1.165) is 25.7 Å². The van der Waals surface area contributed by atoms with Gasteiger partial charge in [-0.05, 0) is 18.8 Å². The zero-order valence-corrected chi connectivity index (χ0v) is 12.3. The van der Waals surface area contributed by atoms with Crippen LogP contribution in [-0.2, 0) is 0 Å². The summed E-state index contributed by atoms with van der Waals surface area (Å²) in [5.74, 6) is 0.00822. The largest absolute Gasteiger partial charge is 0.329 e. The van der Waals surface area contributed by atoms with Gasteiger partial charge in [-0.25, -0.2) is 4.79 Å². The molecule has 1 aromatic heterocycles. The number of nitrogens with zero attached hydrogens (tertiary/aromatic N) is 1. The fourth-order valence-electron chi connectivity index (χ4n) is 2.89. The number of aromatic nitrogens is 2. The molecule has 0 amide bonds. The number of nitrogens with one attached hydrogen (secondary N) is 1.